The van der Waals surface area contributed by atoms with E-state index in [1.807, 2.05) is 32.9 Å². The molecule has 1 aliphatic heterocycles. The number of carboxylic acids is 1. The van der Waals surface area contributed by atoms with Crippen LogP contribution in [0.5, 0.6) is 17.2 Å². The summed E-state index contributed by atoms with van der Waals surface area (Å²) < 4.78 is 5.99. The van der Waals surface area contributed by atoms with E-state index in [-0.39, 0.29) is 17.1 Å². The number of aromatic hydroxyl groups is 1. The number of benzene rings is 3. The van der Waals surface area contributed by atoms with Crippen molar-refractivity contribution in [2.75, 3.05) is 0 Å². The highest BCUT2D eigenvalue weighted by atomic mass is 16.5. The van der Waals surface area contributed by atoms with E-state index in [0.29, 0.717) is 39.0 Å². The van der Waals surface area contributed by atoms with Gasteiger partial charge >= 0.3 is 5.97 Å². The molecule has 4 rings (SSSR count). The van der Waals surface area contributed by atoms with E-state index < -0.39 is 11.4 Å². The second kappa shape index (κ2) is 7.13. The molecule has 5 heteroatoms. The Balaban J connectivity index is 2.12. The summed E-state index contributed by atoms with van der Waals surface area (Å²) in [4.78, 5) is 25.0. The summed E-state index contributed by atoms with van der Waals surface area (Å²) >= 11 is 0. The molecule has 3 aromatic carbocycles. The molecule has 156 valence electrons. The largest absolute Gasteiger partial charge is 0.508 e. The zero-order valence-electron chi connectivity index (χ0n) is 17.5. The number of hydrogen-bond acceptors (Lipinski definition) is 4. The molecule has 0 unspecified atom stereocenters. The highest BCUT2D eigenvalue weighted by Gasteiger charge is 2.28. The van der Waals surface area contributed by atoms with E-state index >= 15 is 0 Å². The average molecular weight is 414 g/mol. The highest BCUT2D eigenvalue weighted by Crippen LogP contribution is 2.39. The van der Waals surface area contributed by atoms with Gasteiger partial charge in [-0.05, 0) is 41.1 Å². The lowest BCUT2D eigenvalue weighted by molar-refractivity contribution is 0.0695. The van der Waals surface area contributed by atoms with E-state index in [2.05, 4.69) is 6.58 Å². The third-order valence-corrected chi connectivity index (χ3v) is 5.23. The van der Waals surface area contributed by atoms with E-state index in [4.69, 9.17) is 4.74 Å². The Labute approximate surface area is 179 Å². The number of Topliss-reactive ketones (excluding diaryl/α,β-unsaturated/α-hetero) is 1. The number of carboxylic acid groups (broad SMARTS) is 1. The maximum absolute atomic E-state index is 12.9. The lowest BCUT2D eigenvalue weighted by atomic mass is 9.83. The molecule has 0 radical (unpaired) electrons. The lowest BCUT2D eigenvalue weighted by Gasteiger charge is -2.23. The van der Waals surface area contributed by atoms with Crippen LogP contribution >= 0.6 is 0 Å². The maximum Gasteiger partial charge on any atom is 0.336 e. The van der Waals surface area contributed by atoms with Gasteiger partial charge in [-0.25, -0.2) is 4.79 Å². The summed E-state index contributed by atoms with van der Waals surface area (Å²) in [6.45, 7) is 9.41. The second-order valence-corrected chi connectivity index (χ2v) is 8.63. The fourth-order valence-electron chi connectivity index (χ4n) is 3.73. The highest BCUT2D eigenvalue weighted by molar-refractivity contribution is 6.04. The van der Waals surface area contributed by atoms with Gasteiger partial charge in [-0.2, -0.15) is 0 Å². The molecule has 0 amide bonds. The standard InChI is InChI=1S/C26H22O5/c1-14-5-8-18-21(11-14)31-22-13-16(27)7-10-19(22)23(18)20-12-15(24(28)26(2,3)4)6-9-17(20)25(29)30/h5-13,27H,1H2,2-4H3,(H,29,30). The molecule has 5 nitrogen and oxygen atoms in total. The van der Waals surface area contributed by atoms with Crippen molar-refractivity contribution in [3.63, 3.8) is 0 Å². The van der Waals surface area contributed by atoms with Crippen molar-refractivity contribution in [2.24, 2.45) is 5.41 Å². The van der Waals surface area contributed by atoms with Crippen molar-refractivity contribution in [2.45, 2.75) is 20.8 Å². The molecular formula is C26H22O5. The van der Waals surface area contributed by atoms with Gasteiger partial charge in [0.1, 0.15) is 17.2 Å². The predicted molar refractivity (Wildman–Crippen MR) is 118 cm³/mol. The lowest BCUT2D eigenvalue weighted by Crippen LogP contribution is -2.23. The normalized spacial score (nSPS) is 12.5. The van der Waals surface area contributed by atoms with Gasteiger partial charge in [-0.15, -0.1) is 0 Å². The van der Waals surface area contributed by atoms with Crippen LogP contribution in [0.1, 0.15) is 52.6 Å². The number of ether oxygens (including phenoxy) is 1. The minimum atomic E-state index is -1.10. The zero-order valence-corrected chi connectivity index (χ0v) is 17.5. The van der Waals surface area contributed by atoms with Gasteiger partial charge in [-0.3, -0.25) is 4.79 Å². The fraction of sp³-hybridized carbons (Fsp3) is 0.154. The summed E-state index contributed by atoms with van der Waals surface area (Å²) in [5, 5.41) is 21.3. The van der Waals surface area contributed by atoms with E-state index in [0.717, 1.165) is 5.22 Å². The van der Waals surface area contributed by atoms with Gasteiger partial charge in [0, 0.05) is 33.4 Å². The van der Waals surface area contributed by atoms with Gasteiger partial charge in [0.05, 0.1) is 5.56 Å². The first-order chi connectivity index (χ1) is 14.6. The van der Waals surface area contributed by atoms with Crippen LogP contribution < -0.4 is 15.2 Å². The molecule has 0 aromatic heterocycles. The third-order valence-electron chi connectivity index (χ3n) is 5.23. The number of carbonyl (C=O) groups excluding carboxylic acids is 1. The summed E-state index contributed by atoms with van der Waals surface area (Å²) in [6.07, 6.45) is 0. The third kappa shape index (κ3) is 3.59. The van der Waals surface area contributed by atoms with Crippen LogP contribution in [0.2, 0.25) is 0 Å². The molecule has 0 atom stereocenters. The molecule has 0 spiro atoms. The van der Waals surface area contributed by atoms with Crippen LogP contribution in [-0.4, -0.2) is 22.0 Å². The van der Waals surface area contributed by atoms with Crippen molar-refractivity contribution in [3.05, 3.63) is 87.3 Å². The molecule has 31 heavy (non-hydrogen) atoms. The minimum Gasteiger partial charge on any atom is -0.508 e. The molecule has 1 aliphatic rings. The van der Waals surface area contributed by atoms with Crippen LogP contribution in [0.25, 0.3) is 12.2 Å². The summed E-state index contributed by atoms with van der Waals surface area (Å²) in [5.74, 6) is -0.249. The van der Waals surface area contributed by atoms with E-state index in [1.165, 1.54) is 18.2 Å². The molecule has 0 bridgehead atoms. The Morgan fingerprint density at radius 1 is 0.903 bits per heavy atom. The van der Waals surface area contributed by atoms with Gasteiger partial charge in [0.15, 0.2) is 5.78 Å². The summed E-state index contributed by atoms with van der Waals surface area (Å²) in [7, 11) is 0. The number of aromatic carboxylic acids is 1. The summed E-state index contributed by atoms with van der Waals surface area (Å²) in [6, 6.07) is 14.7. The first kappa shape index (κ1) is 20.4. The topological polar surface area (TPSA) is 83.8 Å². The Hall–Kier alpha value is -3.86. The molecule has 3 aromatic rings. The molecular weight excluding hydrogens is 392 g/mol. The molecule has 2 N–H and O–H groups in total. The maximum atomic E-state index is 12.9. The number of carbonyl (C=O) groups is 2. The minimum absolute atomic E-state index is 0.0300. The molecule has 0 fully saturated rings. The summed E-state index contributed by atoms with van der Waals surface area (Å²) in [5.41, 5.74) is 1.55. The quantitative estimate of drug-likeness (QED) is 0.494. The van der Waals surface area contributed by atoms with Crippen molar-refractivity contribution in [1.82, 2.24) is 0 Å². The van der Waals surface area contributed by atoms with Crippen molar-refractivity contribution in [3.8, 4) is 17.2 Å². The Morgan fingerprint density at radius 2 is 1.65 bits per heavy atom. The first-order valence-electron chi connectivity index (χ1n) is 9.83. The SMILES string of the molecule is C=c1ccc2c(c1)Oc1cc(O)ccc1C=2c1cc(C(=O)C(C)(C)C)ccc1C(=O)O. The molecule has 0 saturated heterocycles. The van der Waals surface area contributed by atoms with E-state index in [9.17, 15) is 19.8 Å². The second-order valence-electron chi connectivity index (χ2n) is 8.63. The van der Waals surface area contributed by atoms with Gasteiger partial charge in [-0.1, -0.05) is 45.5 Å². The number of phenols is 1. The average Bonchev–Trinajstić information content (AvgIpc) is 2.70. The van der Waals surface area contributed by atoms with Crippen LogP contribution in [0, 0.1) is 5.41 Å². The van der Waals surface area contributed by atoms with E-state index in [1.54, 1.807) is 24.3 Å². The zero-order chi connectivity index (χ0) is 22.5. The molecule has 0 aliphatic carbocycles. The van der Waals surface area contributed by atoms with Crippen LogP contribution in [-0.2, 0) is 0 Å². The van der Waals surface area contributed by atoms with Gasteiger partial charge in [0.25, 0.3) is 0 Å². The number of ketones is 1. The van der Waals surface area contributed by atoms with Crippen LogP contribution in [0.3, 0.4) is 0 Å². The van der Waals surface area contributed by atoms with Gasteiger partial charge in [0.2, 0.25) is 0 Å². The number of rotatable bonds is 3. The van der Waals surface area contributed by atoms with Crippen molar-refractivity contribution < 1.29 is 24.5 Å². The van der Waals surface area contributed by atoms with Gasteiger partial charge < -0.3 is 14.9 Å². The van der Waals surface area contributed by atoms with Crippen molar-refractivity contribution in [1.29, 1.82) is 0 Å². The Morgan fingerprint density at radius 3 is 2.32 bits per heavy atom. The van der Waals surface area contributed by atoms with Crippen LogP contribution in [0.4, 0.5) is 0 Å². The Kier molecular flexibility index (Phi) is 4.69. The smallest absolute Gasteiger partial charge is 0.336 e. The number of hydrogen-bond donors (Lipinski definition) is 2. The first-order valence-corrected chi connectivity index (χ1v) is 9.83. The van der Waals surface area contributed by atoms with Crippen LogP contribution in [0.15, 0.2) is 54.6 Å². The predicted octanol–water partition coefficient (Wildman–Crippen LogP) is 4.08. The number of phenolic OH excluding ortho intramolecular Hbond substituents is 1. The Bertz CT molecular complexity index is 1360. The molecule has 1 heterocycles. The van der Waals surface area contributed by atoms with Crippen molar-refractivity contribution >= 4 is 23.9 Å². The molecule has 0 saturated carbocycles. The fourth-order valence-corrected chi connectivity index (χ4v) is 3.73. The number of fused-ring (bicyclic) bond motifs is 2. The monoisotopic (exact) mass is 414 g/mol.